The summed E-state index contributed by atoms with van der Waals surface area (Å²) in [5.41, 5.74) is 4.93. The molecule has 40 heavy (non-hydrogen) atoms. The highest BCUT2D eigenvalue weighted by Gasteiger charge is 2.37. The van der Waals surface area contributed by atoms with Gasteiger partial charge in [0.1, 0.15) is 10.3 Å². The third kappa shape index (κ3) is 6.26. The molecule has 0 unspecified atom stereocenters. The van der Waals surface area contributed by atoms with E-state index >= 15 is 0 Å². The van der Waals surface area contributed by atoms with E-state index in [2.05, 4.69) is 77.8 Å². The van der Waals surface area contributed by atoms with Crippen LogP contribution in [0, 0.1) is 0 Å². The van der Waals surface area contributed by atoms with Crippen molar-refractivity contribution in [2.75, 3.05) is 12.3 Å². The average Bonchev–Trinajstić information content (AvgIpc) is 3.00. The van der Waals surface area contributed by atoms with Crippen molar-refractivity contribution in [2.24, 2.45) is 0 Å². The van der Waals surface area contributed by atoms with Crippen LogP contribution in [0.5, 0.6) is 0 Å². The fourth-order valence-corrected chi connectivity index (χ4v) is 6.83. The number of nitrogens with zero attached hydrogens (tertiary/aromatic N) is 2. The molecule has 6 heteroatoms. The lowest BCUT2D eigenvalue weighted by Crippen LogP contribution is -2.34. The van der Waals surface area contributed by atoms with Crippen LogP contribution in [0.25, 0.3) is 0 Å². The van der Waals surface area contributed by atoms with Crippen LogP contribution in [-0.2, 0) is 11.3 Å². The maximum atomic E-state index is 13.8. The summed E-state index contributed by atoms with van der Waals surface area (Å²) >= 11 is 14.2. The number of hydrogen-bond donors (Lipinski definition) is 0. The first-order chi connectivity index (χ1) is 19.6. The van der Waals surface area contributed by atoms with Crippen LogP contribution >= 0.6 is 35.0 Å². The van der Waals surface area contributed by atoms with Gasteiger partial charge in [0.15, 0.2) is 0 Å². The van der Waals surface area contributed by atoms with Crippen LogP contribution in [0.1, 0.15) is 32.6 Å². The number of benzene rings is 4. The van der Waals surface area contributed by atoms with Crippen molar-refractivity contribution in [2.45, 2.75) is 11.3 Å². The summed E-state index contributed by atoms with van der Waals surface area (Å²) < 4.78 is -0.468. The van der Waals surface area contributed by atoms with E-state index in [1.165, 1.54) is 16.7 Å². The van der Waals surface area contributed by atoms with Crippen molar-refractivity contribution in [3.63, 3.8) is 0 Å². The number of aromatic nitrogens is 1. The Morgan fingerprint density at radius 2 is 1.15 bits per heavy atom. The number of hydrogen-bond acceptors (Lipinski definition) is 3. The van der Waals surface area contributed by atoms with Gasteiger partial charge in [-0.25, -0.2) is 4.98 Å². The lowest BCUT2D eigenvalue weighted by atomic mass is 9.84. The minimum atomic E-state index is -0.468. The number of thioether (sulfide) groups is 1. The Morgan fingerprint density at radius 3 is 1.62 bits per heavy atom. The minimum Gasteiger partial charge on any atom is -0.333 e. The summed E-state index contributed by atoms with van der Waals surface area (Å²) in [7, 11) is 0. The van der Waals surface area contributed by atoms with Gasteiger partial charge < -0.3 is 4.90 Å². The van der Waals surface area contributed by atoms with E-state index in [0.29, 0.717) is 24.4 Å². The smallest absolute Gasteiger partial charge is 0.257 e. The zero-order chi connectivity index (χ0) is 27.8. The van der Waals surface area contributed by atoms with E-state index in [-0.39, 0.29) is 16.2 Å². The van der Waals surface area contributed by atoms with Crippen LogP contribution in [0.4, 0.5) is 0 Å². The molecule has 3 nitrogen and oxygen atoms in total. The average molecular weight is 584 g/mol. The van der Waals surface area contributed by atoms with Gasteiger partial charge in [-0.05, 0) is 34.4 Å². The topological polar surface area (TPSA) is 33.2 Å². The van der Waals surface area contributed by atoms with Gasteiger partial charge in [-0.3, -0.25) is 4.79 Å². The van der Waals surface area contributed by atoms with Crippen molar-refractivity contribution in [3.8, 4) is 0 Å². The monoisotopic (exact) mass is 582 g/mol. The van der Waals surface area contributed by atoms with Crippen LogP contribution in [0.15, 0.2) is 133 Å². The third-order valence-corrected chi connectivity index (χ3v) is 8.79. The van der Waals surface area contributed by atoms with Crippen LogP contribution in [0.3, 0.4) is 0 Å². The highest BCUT2D eigenvalue weighted by molar-refractivity contribution is 8.00. The molecule has 0 N–H and O–H groups in total. The molecule has 0 radical (unpaired) electrons. The second-order valence-corrected chi connectivity index (χ2v) is 11.4. The number of pyridine rings is 1. The van der Waals surface area contributed by atoms with E-state index in [9.17, 15) is 4.79 Å². The van der Waals surface area contributed by atoms with E-state index in [0.717, 1.165) is 5.56 Å². The molecule has 0 aliphatic heterocycles. The maximum Gasteiger partial charge on any atom is 0.257 e. The first kappa shape index (κ1) is 28.0. The SMILES string of the molecule is O=C(c1ccc(Cl)nc1Cl)N(CCSC(c1ccccc1)(c1ccccc1)c1ccccc1)Cc1ccccc1. The van der Waals surface area contributed by atoms with Gasteiger partial charge in [-0.2, -0.15) is 0 Å². The molecule has 0 aliphatic carbocycles. The number of rotatable bonds is 10. The molecule has 200 valence electrons. The van der Waals surface area contributed by atoms with Gasteiger partial charge in [0.05, 0.1) is 10.3 Å². The highest BCUT2D eigenvalue weighted by atomic mass is 35.5. The van der Waals surface area contributed by atoms with E-state index < -0.39 is 4.75 Å². The molecule has 5 rings (SSSR count). The summed E-state index contributed by atoms with van der Waals surface area (Å²) in [6, 6.07) is 44.9. The second kappa shape index (κ2) is 13.2. The number of amides is 1. The fourth-order valence-electron chi connectivity index (χ4n) is 4.88. The second-order valence-electron chi connectivity index (χ2n) is 9.31. The van der Waals surface area contributed by atoms with Crippen LogP contribution in [-0.4, -0.2) is 28.1 Å². The van der Waals surface area contributed by atoms with Crippen molar-refractivity contribution in [1.82, 2.24) is 9.88 Å². The predicted molar refractivity (Wildman–Crippen MR) is 167 cm³/mol. The lowest BCUT2D eigenvalue weighted by Gasteiger charge is -2.36. The first-order valence-corrected chi connectivity index (χ1v) is 14.8. The molecule has 0 spiro atoms. The van der Waals surface area contributed by atoms with Crippen molar-refractivity contribution < 1.29 is 4.79 Å². The Labute approximate surface area is 249 Å². The summed E-state index contributed by atoms with van der Waals surface area (Å²) in [6.45, 7) is 0.958. The molecule has 0 saturated carbocycles. The lowest BCUT2D eigenvalue weighted by molar-refractivity contribution is 0.0754. The van der Waals surface area contributed by atoms with Gasteiger partial charge in [0, 0.05) is 18.8 Å². The zero-order valence-corrected chi connectivity index (χ0v) is 24.1. The molecule has 5 aromatic rings. The Kier molecular flexibility index (Phi) is 9.22. The summed E-state index contributed by atoms with van der Waals surface area (Å²) in [4.78, 5) is 19.7. The molecule has 1 amide bonds. The number of carbonyl (C=O) groups is 1. The molecular formula is C34H28Cl2N2OS. The summed E-state index contributed by atoms with van der Waals surface area (Å²) in [6.07, 6.45) is 0. The van der Waals surface area contributed by atoms with E-state index in [1.807, 2.05) is 65.2 Å². The number of carbonyl (C=O) groups excluding carboxylic acids is 1. The summed E-state index contributed by atoms with van der Waals surface area (Å²) in [5.74, 6) is 0.499. The number of halogens is 2. The highest BCUT2D eigenvalue weighted by Crippen LogP contribution is 2.48. The molecule has 0 aliphatic rings. The Morgan fingerprint density at radius 1 is 0.675 bits per heavy atom. The molecule has 0 saturated heterocycles. The van der Waals surface area contributed by atoms with Crippen molar-refractivity contribution in [3.05, 3.63) is 172 Å². The van der Waals surface area contributed by atoms with Gasteiger partial charge >= 0.3 is 0 Å². The van der Waals surface area contributed by atoms with E-state index in [4.69, 9.17) is 23.2 Å². The molecule has 0 fully saturated rings. The predicted octanol–water partition coefficient (Wildman–Crippen LogP) is 8.76. The third-order valence-electron chi connectivity index (χ3n) is 6.77. The normalized spacial score (nSPS) is 11.2. The van der Waals surface area contributed by atoms with Crippen molar-refractivity contribution in [1.29, 1.82) is 0 Å². The molecule has 1 heterocycles. The van der Waals surface area contributed by atoms with Gasteiger partial charge in [-0.15, -0.1) is 11.8 Å². The largest absolute Gasteiger partial charge is 0.333 e. The zero-order valence-electron chi connectivity index (χ0n) is 21.8. The Bertz CT molecular complexity index is 1440. The standard InChI is InChI=1S/C34H28Cl2N2OS/c35-31-22-21-30(32(36)37-31)33(39)38(25-26-13-5-1-6-14-26)23-24-40-34(27-15-7-2-8-16-27,28-17-9-3-10-18-28)29-19-11-4-12-20-29/h1-22H,23-25H2. The molecule has 0 bridgehead atoms. The molecule has 0 atom stereocenters. The fraction of sp³-hybridized carbons (Fsp3) is 0.118. The molecule has 4 aromatic carbocycles. The van der Waals surface area contributed by atoms with E-state index in [1.54, 1.807) is 12.1 Å². The Hall–Kier alpha value is -3.57. The van der Waals surface area contributed by atoms with Crippen LogP contribution in [0.2, 0.25) is 10.3 Å². The minimum absolute atomic E-state index is 0.107. The van der Waals surface area contributed by atoms with Crippen LogP contribution < -0.4 is 0 Å². The summed E-state index contributed by atoms with van der Waals surface area (Å²) in [5, 5.41) is 0.362. The van der Waals surface area contributed by atoms with Gasteiger partial charge in [-0.1, -0.05) is 145 Å². The molecular weight excluding hydrogens is 555 g/mol. The first-order valence-electron chi connectivity index (χ1n) is 13.0. The molecule has 1 aromatic heterocycles. The van der Waals surface area contributed by atoms with Crippen molar-refractivity contribution >= 4 is 40.9 Å². The van der Waals surface area contributed by atoms with Gasteiger partial charge in [0.25, 0.3) is 5.91 Å². The maximum absolute atomic E-state index is 13.8. The Balaban J connectivity index is 1.51. The quantitative estimate of drug-likeness (QED) is 0.122. The van der Waals surface area contributed by atoms with Gasteiger partial charge in [0.2, 0.25) is 0 Å².